The van der Waals surface area contributed by atoms with E-state index in [1.807, 2.05) is 11.0 Å². The molecule has 1 fully saturated rings. The fraction of sp³-hybridized carbons (Fsp3) is 0.259. The third kappa shape index (κ3) is 5.04. The Labute approximate surface area is 217 Å². The van der Waals surface area contributed by atoms with E-state index in [2.05, 4.69) is 10.3 Å². The van der Waals surface area contributed by atoms with Crippen molar-refractivity contribution >= 4 is 23.2 Å². The number of para-hydroxylation sites is 2. The molecule has 0 unspecified atom stereocenters. The van der Waals surface area contributed by atoms with Gasteiger partial charge in [-0.15, -0.1) is 0 Å². The SMILES string of the molecule is COc1ccc2c(c1)C(N1CCN(C(=O)Nc3ccccc3OC)CC1)=Nc1cc(C(F)(F)F)ccc1O2. The van der Waals surface area contributed by atoms with Gasteiger partial charge in [-0.25, -0.2) is 9.79 Å². The number of nitrogens with zero attached hydrogens (tertiary/aromatic N) is 3. The third-order valence-electron chi connectivity index (χ3n) is 6.38. The second kappa shape index (κ2) is 10.2. The molecule has 3 aromatic carbocycles. The summed E-state index contributed by atoms with van der Waals surface area (Å²) in [6, 6.07) is 15.2. The highest BCUT2D eigenvalue weighted by Gasteiger charge is 2.33. The largest absolute Gasteiger partial charge is 0.497 e. The van der Waals surface area contributed by atoms with E-state index in [9.17, 15) is 18.0 Å². The smallest absolute Gasteiger partial charge is 0.416 e. The number of amides is 2. The molecule has 2 aliphatic rings. The molecule has 2 heterocycles. The van der Waals surface area contributed by atoms with E-state index >= 15 is 0 Å². The maximum absolute atomic E-state index is 13.4. The quantitative estimate of drug-likeness (QED) is 0.470. The number of urea groups is 1. The number of ether oxygens (including phenoxy) is 3. The van der Waals surface area contributed by atoms with Crippen LogP contribution in [0.15, 0.2) is 65.7 Å². The minimum Gasteiger partial charge on any atom is -0.497 e. The van der Waals surface area contributed by atoms with Gasteiger partial charge in [-0.05, 0) is 48.5 Å². The molecule has 1 N–H and O–H groups in total. The van der Waals surface area contributed by atoms with Crippen LogP contribution in [-0.4, -0.2) is 62.1 Å². The molecule has 0 bridgehead atoms. The number of nitrogens with one attached hydrogen (secondary N) is 1. The van der Waals surface area contributed by atoms with Gasteiger partial charge in [0.2, 0.25) is 0 Å². The van der Waals surface area contributed by atoms with Crippen LogP contribution in [0.1, 0.15) is 11.1 Å². The molecule has 0 radical (unpaired) electrons. The van der Waals surface area contributed by atoms with Crippen LogP contribution in [0.5, 0.6) is 23.0 Å². The van der Waals surface area contributed by atoms with Crippen molar-refractivity contribution in [3.05, 3.63) is 71.8 Å². The van der Waals surface area contributed by atoms with Crippen LogP contribution in [0.25, 0.3) is 0 Å². The summed E-state index contributed by atoms with van der Waals surface area (Å²) in [7, 11) is 3.06. The van der Waals surface area contributed by atoms with Crippen LogP contribution in [-0.2, 0) is 6.18 Å². The molecule has 1 saturated heterocycles. The number of hydrogen-bond acceptors (Lipinski definition) is 6. The first-order chi connectivity index (χ1) is 18.3. The van der Waals surface area contributed by atoms with E-state index < -0.39 is 11.7 Å². The molecule has 0 saturated carbocycles. The van der Waals surface area contributed by atoms with Gasteiger partial charge in [0.1, 0.15) is 28.8 Å². The van der Waals surface area contributed by atoms with Crippen molar-refractivity contribution in [1.82, 2.24) is 9.80 Å². The highest BCUT2D eigenvalue weighted by atomic mass is 19.4. The van der Waals surface area contributed by atoms with Gasteiger partial charge in [0.15, 0.2) is 5.75 Å². The Morgan fingerprint density at radius 2 is 1.68 bits per heavy atom. The number of halogens is 3. The number of rotatable bonds is 3. The van der Waals surface area contributed by atoms with E-state index in [1.54, 1.807) is 41.3 Å². The standard InChI is InChI=1S/C27H25F3N4O4/c1-36-18-8-10-22-19(16-18)25(31-21-15-17(27(28,29)30)7-9-24(21)38-22)33-11-13-34(14-12-33)26(35)32-20-5-3-4-6-23(20)37-2/h3-10,15-16H,11-14H2,1-2H3,(H,32,35). The first-order valence-corrected chi connectivity index (χ1v) is 11.9. The molecule has 38 heavy (non-hydrogen) atoms. The minimum atomic E-state index is -4.52. The summed E-state index contributed by atoms with van der Waals surface area (Å²) in [5.41, 5.74) is 0.400. The van der Waals surface area contributed by atoms with E-state index in [1.165, 1.54) is 20.3 Å². The zero-order chi connectivity index (χ0) is 26.9. The zero-order valence-corrected chi connectivity index (χ0v) is 20.7. The molecule has 3 aromatic rings. The topological polar surface area (TPSA) is 75.6 Å². The van der Waals surface area contributed by atoms with E-state index in [-0.39, 0.29) is 17.5 Å². The first kappa shape index (κ1) is 25.2. The number of fused-ring (bicyclic) bond motifs is 2. The van der Waals surface area contributed by atoms with E-state index in [0.29, 0.717) is 60.5 Å². The number of amidine groups is 1. The lowest BCUT2D eigenvalue weighted by atomic mass is 10.1. The molecular formula is C27H25F3N4O4. The van der Waals surface area contributed by atoms with E-state index in [4.69, 9.17) is 14.2 Å². The molecule has 0 aromatic heterocycles. The average molecular weight is 527 g/mol. The average Bonchev–Trinajstić information content (AvgIpc) is 3.08. The monoisotopic (exact) mass is 526 g/mol. The van der Waals surface area contributed by atoms with Crippen molar-refractivity contribution in [3.63, 3.8) is 0 Å². The highest BCUT2D eigenvalue weighted by Crippen LogP contribution is 2.42. The second-order valence-electron chi connectivity index (χ2n) is 8.68. The molecule has 0 spiro atoms. The molecule has 198 valence electrons. The predicted octanol–water partition coefficient (Wildman–Crippen LogP) is 5.76. The Bertz CT molecular complexity index is 1380. The number of anilines is 1. The van der Waals surface area contributed by atoms with Gasteiger partial charge in [0, 0.05) is 26.2 Å². The molecule has 11 heteroatoms. The fourth-order valence-electron chi connectivity index (χ4n) is 4.36. The van der Waals surface area contributed by atoms with Crippen molar-refractivity contribution < 1.29 is 32.2 Å². The van der Waals surface area contributed by atoms with E-state index in [0.717, 1.165) is 12.1 Å². The van der Waals surface area contributed by atoms with Crippen LogP contribution < -0.4 is 19.5 Å². The van der Waals surface area contributed by atoms with Crippen LogP contribution >= 0.6 is 0 Å². The second-order valence-corrected chi connectivity index (χ2v) is 8.68. The summed E-state index contributed by atoms with van der Waals surface area (Å²) in [5, 5.41) is 2.87. The predicted molar refractivity (Wildman–Crippen MR) is 136 cm³/mol. The number of hydrogen-bond donors (Lipinski definition) is 1. The Hall–Kier alpha value is -4.41. The Balaban J connectivity index is 1.42. The molecule has 2 amide bonds. The van der Waals surface area contributed by atoms with Gasteiger partial charge in [0.05, 0.1) is 31.0 Å². The number of alkyl halides is 3. The molecule has 0 atom stereocenters. The van der Waals surface area contributed by atoms with Gasteiger partial charge >= 0.3 is 12.2 Å². The van der Waals surface area contributed by atoms with Crippen molar-refractivity contribution in [1.29, 1.82) is 0 Å². The minimum absolute atomic E-state index is 0.0707. The Kier molecular flexibility index (Phi) is 6.75. The van der Waals surface area contributed by atoms with Crippen LogP contribution in [0.4, 0.5) is 29.3 Å². The normalized spacial score (nSPS) is 14.9. The van der Waals surface area contributed by atoms with Crippen LogP contribution in [0, 0.1) is 0 Å². The lowest BCUT2D eigenvalue weighted by Crippen LogP contribution is -2.51. The lowest BCUT2D eigenvalue weighted by Gasteiger charge is -2.36. The summed E-state index contributed by atoms with van der Waals surface area (Å²) in [4.78, 5) is 21.2. The Morgan fingerprint density at radius 3 is 2.39 bits per heavy atom. The number of carbonyl (C=O) groups excluding carboxylic acids is 1. The van der Waals surface area contributed by atoms with Crippen molar-refractivity contribution in [2.24, 2.45) is 4.99 Å². The maximum atomic E-state index is 13.4. The molecule has 0 aliphatic carbocycles. The van der Waals surface area contributed by atoms with Crippen LogP contribution in [0.2, 0.25) is 0 Å². The van der Waals surface area contributed by atoms with Gasteiger partial charge in [-0.1, -0.05) is 12.1 Å². The highest BCUT2D eigenvalue weighted by molar-refractivity contribution is 6.04. The lowest BCUT2D eigenvalue weighted by molar-refractivity contribution is -0.137. The molecule has 8 nitrogen and oxygen atoms in total. The van der Waals surface area contributed by atoms with Crippen molar-refractivity contribution in [2.45, 2.75) is 6.18 Å². The first-order valence-electron chi connectivity index (χ1n) is 11.9. The number of benzene rings is 3. The molecule has 5 rings (SSSR count). The van der Waals surface area contributed by atoms with Crippen molar-refractivity contribution in [3.8, 4) is 23.0 Å². The number of piperazine rings is 1. The maximum Gasteiger partial charge on any atom is 0.416 e. The van der Waals surface area contributed by atoms with Crippen molar-refractivity contribution in [2.75, 3.05) is 45.7 Å². The summed E-state index contributed by atoms with van der Waals surface area (Å²) >= 11 is 0. The summed E-state index contributed by atoms with van der Waals surface area (Å²) in [6.45, 7) is 1.55. The molecule has 2 aliphatic heterocycles. The number of methoxy groups -OCH3 is 2. The summed E-state index contributed by atoms with van der Waals surface area (Å²) in [5.74, 6) is 2.21. The molecular weight excluding hydrogens is 501 g/mol. The van der Waals surface area contributed by atoms with Gasteiger partial charge in [-0.2, -0.15) is 13.2 Å². The van der Waals surface area contributed by atoms with Gasteiger partial charge in [-0.3, -0.25) is 0 Å². The number of carbonyl (C=O) groups is 1. The van der Waals surface area contributed by atoms with Gasteiger partial charge < -0.3 is 29.3 Å². The zero-order valence-electron chi connectivity index (χ0n) is 20.7. The fourth-order valence-corrected chi connectivity index (χ4v) is 4.36. The van der Waals surface area contributed by atoms with Crippen LogP contribution in [0.3, 0.4) is 0 Å². The third-order valence-corrected chi connectivity index (χ3v) is 6.38. The Morgan fingerprint density at radius 1 is 0.947 bits per heavy atom. The van der Waals surface area contributed by atoms with Gasteiger partial charge in [0.25, 0.3) is 0 Å². The summed E-state index contributed by atoms with van der Waals surface area (Å²) < 4.78 is 56.9. The number of aliphatic imine (C=N–C) groups is 1. The summed E-state index contributed by atoms with van der Waals surface area (Å²) in [6.07, 6.45) is -4.52.